The summed E-state index contributed by atoms with van der Waals surface area (Å²) in [5.74, 6) is 0.782. The minimum atomic E-state index is -0.756. The van der Waals surface area contributed by atoms with Gasteiger partial charge in [-0.15, -0.1) is 24.0 Å². The first-order valence-corrected chi connectivity index (χ1v) is 8.41. The maximum atomic E-state index is 10.6. The van der Waals surface area contributed by atoms with Gasteiger partial charge >= 0.3 is 0 Å². The van der Waals surface area contributed by atoms with Crippen molar-refractivity contribution in [1.82, 2.24) is 14.8 Å². The summed E-state index contributed by atoms with van der Waals surface area (Å²) in [6.07, 6.45) is 3.15. The summed E-state index contributed by atoms with van der Waals surface area (Å²) in [4.78, 5) is 6.66. The summed E-state index contributed by atoms with van der Waals surface area (Å²) in [6.45, 7) is 5.08. The average Bonchev–Trinajstić information content (AvgIpc) is 2.82. The van der Waals surface area contributed by atoms with Crippen molar-refractivity contribution >= 4 is 41.5 Å². The molecular formula is C16H28ClIN4O2. The van der Waals surface area contributed by atoms with E-state index in [0.29, 0.717) is 39.1 Å². The normalized spacial score (nSPS) is 17.3. The second-order valence-electron chi connectivity index (χ2n) is 6.12. The van der Waals surface area contributed by atoms with E-state index in [9.17, 15) is 5.11 Å². The fourth-order valence-corrected chi connectivity index (χ4v) is 2.91. The van der Waals surface area contributed by atoms with Crippen LogP contribution in [0, 0.1) is 0 Å². The van der Waals surface area contributed by atoms with Gasteiger partial charge in [0.1, 0.15) is 0 Å². The number of aliphatic hydroxyl groups is 1. The predicted molar refractivity (Wildman–Crippen MR) is 108 cm³/mol. The molecule has 0 aliphatic carbocycles. The Kier molecular flexibility index (Phi) is 8.83. The monoisotopic (exact) mass is 470 g/mol. The van der Waals surface area contributed by atoms with Crippen LogP contribution in [0.4, 0.5) is 0 Å². The van der Waals surface area contributed by atoms with Crippen molar-refractivity contribution < 1.29 is 9.84 Å². The lowest BCUT2D eigenvalue weighted by Gasteiger charge is -2.31. The summed E-state index contributed by atoms with van der Waals surface area (Å²) < 4.78 is 7.32. The number of nitrogens with zero attached hydrogens (tertiary/aromatic N) is 3. The number of aromatic nitrogens is 1. The number of aryl methyl sites for hydroxylation is 1. The van der Waals surface area contributed by atoms with E-state index in [4.69, 9.17) is 16.3 Å². The fourth-order valence-electron chi connectivity index (χ4n) is 2.64. The smallest absolute Gasteiger partial charge is 0.194 e. The number of hydrogen-bond acceptors (Lipinski definition) is 3. The van der Waals surface area contributed by atoms with Gasteiger partial charge in [-0.1, -0.05) is 11.6 Å². The topological polar surface area (TPSA) is 62.0 Å². The second-order valence-corrected chi connectivity index (χ2v) is 6.56. The van der Waals surface area contributed by atoms with E-state index in [1.165, 1.54) is 0 Å². The van der Waals surface area contributed by atoms with Crippen molar-refractivity contribution in [2.45, 2.75) is 31.9 Å². The fraction of sp³-hybridized carbons (Fsp3) is 0.688. The maximum absolute atomic E-state index is 10.6. The maximum Gasteiger partial charge on any atom is 0.194 e. The summed E-state index contributed by atoms with van der Waals surface area (Å²) in [6, 6.07) is 1.95. The van der Waals surface area contributed by atoms with Crippen LogP contribution < -0.4 is 5.32 Å². The molecule has 1 fully saturated rings. The Morgan fingerprint density at radius 2 is 2.17 bits per heavy atom. The van der Waals surface area contributed by atoms with Gasteiger partial charge in [0.2, 0.25) is 0 Å². The highest BCUT2D eigenvalue weighted by Crippen LogP contribution is 2.21. The average molecular weight is 471 g/mol. The van der Waals surface area contributed by atoms with Crippen LogP contribution >= 0.6 is 35.6 Å². The molecule has 1 aliphatic heterocycles. The van der Waals surface area contributed by atoms with Crippen LogP contribution in [0.1, 0.15) is 25.5 Å². The third kappa shape index (κ3) is 6.09. The lowest BCUT2D eigenvalue weighted by atomic mass is 9.95. The Bertz CT molecular complexity index is 544. The number of hydrogen-bond donors (Lipinski definition) is 2. The zero-order chi connectivity index (χ0) is 16.9. The highest BCUT2D eigenvalue weighted by atomic mass is 127. The van der Waals surface area contributed by atoms with Crippen molar-refractivity contribution in [2.75, 3.05) is 33.4 Å². The number of ether oxygens (including phenoxy) is 1. The molecule has 0 aromatic carbocycles. The quantitative estimate of drug-likeness (QED) is 0.394. The summed E-state index contributed by atoms with van der Waals surface area (Å²) in [5, 5.41) is 14.6. The van der Waals surface area contributed by atoms with Gasteiger partial charge in [0.25, 0.3) is 0 Å². The van der Waals surface area contributed by atoms with Crippen LogP contribution in [0.15, 0.2) is 17.3 Å². The van der Waals surface area contributed by atoms with E-state index in [1.807, 2.05) is 42.7 Å². The molecule has 2 heterocycles. The van der Waals surface area contributed by atoms with Gasteiger partial charge in [0.15, 0.2) is 5.96 Å². The molecule has 6 nitrogen and oxygen atoms in total. The molecule has 0 unspecified atom stereocenters. The molecule has 8 heteroatoms. The van der Waals surface area contributed by atoms with E-state index >= 15 is 0 Å². The van der Waals surface area contributed by atoms with Gasteiger partial charge in [-0.25, -0.2) is 0 Å². The molecule has 0 amide bonds. The standard InChI is InChI=1S/C16H27ClN4O2.HI/c1-4-18-15(19-12-16(22)5-7-23-8-6-16)21(3)11-14-9-13(17)10-20(14)2;/h9-10,22H,4-8,11-12H2,1-3H3,(H,18,19);1H. The van der Waals surface area contributed by atoms with E-state index in [-0.39, 0.29) is 24.0 Å². The second kappa shape index (κ2) is 9.84. The Hall–Kier alpha value is -0.510. The van der Waals surface area contributed by atoms with Crippen molar-refractivity contribution in [1.29, 1.82) is 0 Å². The van der Waals surface area contributed by atoms with Crippen LogP contribution in [-0.2, 0) is 18.3 Å². The van der Waals surface area contributed by atoms with E-state index < -0.39 is 5.60 Å². The van der Waals surface area contributed by atoms with Gasteiger partial charge in [0, 0.05) is 58.6 Å². The lowest BCUT2D eigenvalue weighted by molar-refractivity contribution is -0.0566. The van der Waals surface area contributed by atoms with Crippen molar-refractivity contribution in [3.63, 3.8) is 0 Å². The first kappa shape index (κ1) is 21.5. The molecule has 0 saturated carbocycles. The number of rotatable bonds is 5. The molecule has 1 aromatic heterocycles. The first-order chi connectivity index (χ1) is 10.9. The first-order valence-electron chi connectivity index (χ1n) is 8.04. The molecule has 2 rings (SSSR count). The molecule has 1 aliphatic rings. The summed E-state index contributed by atoms with van der Waals surface area (Å²) in [7, 11) is 3.96. The molecule has 138 valence electrons. The number of nitrogens with one attached hydrogen (secondary N) is 1. The molecular weight excluding hydrogens is 443 g/mol. The molecule has 2 N–H and O–H groups in total. The number of aliphatic imine (C=N–C) groups is 1. The Labute approximate surface area is 166 Å². The van der Waals surface area contributed by atoms with Gasteiger partial charge < -0.3 is 24.6 Å². The van der Waals surface area contributed by atoms with E-state index in [1.54, 1.807) is 0 Å². The predicted octanol–water partition coefficient (Wildman–Crippen LogP) is 2.24. The minimum Gasteiger partial charge on any atom is -0.388 e. The Morgan fingerprint density at radius 3 is 2.71 bits per heavy atom. The van der Waals surface area contributed by atoms with Gasteiger partial charge in [-0.3, -0.25) is 4.99 Å². The van der Waals surface area contributed by atoms with Gasteiger partial charge in [-0.2, -0.15) is 0 Å². The van der Waals surface area contributed by atoms with E-state index in [0.717, 1.165) is 23.2 Å². The molecule has 0 spiro atoms. The number of guanidine groups is 1. The third-order valence-electron chi connectivity index (χ3n) is 4.12. The van der Waals surface area contributed by atoms with Gasteiger partial charge in [-0.05, 0) is 13.0 Å². The van der Waals surface area contributed by atoms with Crippen LogP contribution in [0.3, 0.4) is 0 Å². The van der Waals surface area contributed by atoms with E-state index in [2.05, 4.69) is 10.3 Å². The molecule has 24 heavy (non-hydrogen) atoms. The number of halogens is 2. The highest BCUT2D eigenvalue weighted by molar-refractivity contribution is 14.0. The zero-order valence-electron chi connectivity index (χ0n) is 14.6. The van der Waals surface area contributed by atoms with Crippen LogP contribution in [-0.4, -0.2) is 59.5 Å². The summed E-state index contributed by atoms with van der Waals surface area (Å²) in [5.41, 5.74) is 0.349. The van der Waals surface area contributed by atoms with Crippen molar-refractivity contribution in [3.05, 3.63) is 23.0 Å². The van der Waals surface area contributed by atoms with Crippen LogP contribution in [0.25, 0.3) is 0 Å². The Balaban J connectivity index is 0.00000288. The SMILES string of the molecule is CCNC(=NCC1(O)CCOCC1)N(C)Cc1cc(Cl)cn1C.I. The van der Waals surface area contributed by atoms with Gasteiger partial charge in [0.05, 0.1) is 23.7 Å². The Morgan fingerprint density at radius 1 is 1.50 bits per heavy atom. The highest BCUT2D eigenvalue weighted by Gasteiger charge is 2.29. The largest absolute Gasteiger partial charge is 0.388 e. The van der Waals surface area contributed by atoms with Crippen molar-refractivity contribution in [2.24, 2.45) is 12.0 Å². The molecule has 1 aromatic rings. The third-order valence-corrected chi connectivity index (χ3v) is 4.32. The molecule has 0 radical (unpaired) electrons. The van der Waals surface area contributed by atoms with Crippen LogP contribution in [0.5, 0.6) is 0 Å². The van der Waals surface area contributed by atoms with Crippen molar-refractivity contribution in [3.8, 4) is 0 Å². The molecule has 0 atom stereocenters. The van der Waals surface area contributed by atoms with Crippen LogP contribution in [0.2, 0.25) is 5.02 Å². The molecule has 1 saturated heterocycles. The summed E-state index contributed by atoms with van der Waals surface area (Å²) >= 11 is 6.04. The molecule has 0 bridgehead atoms. The zero-order valence-corrected chi connectivity index (χ0v) is 17.7. The lowest BCUT2D eigenvalue weighted by Crippen LogP contribution is -2.43. The minimum absolute atomic E-state index is 0.